The molecule has 1 unspecified atom stereocenters. The van der Waals surface area contributed by atoms with Gasteiger partial charge in [0.05, 0.1) is 5.60 Å². The van der Waals surface area contributed by atoms with E-state index in [1.807, 2.05) is 0 Å². The van der Waals surface area contributed by atoms with E-state index in [0.29, 0.717) is 11.8 Å². The molecule has 0 saturated heterocycles. The van der Waals surface area contributed by atoms with Crippen molar-refractivity contribution >= 4 is 0 Å². The van der Waals surface area contributed by atoms with Crippen molar-refractivity contribution in [3.05, 3.63) is 35.4 Å². The van der Waals surface area contributed by atoms with Gasteiger partial charge in [-0.2, -0.15) is 0 Å². The van der Waals surface area contributed by atoms with E-state index in [4.69, 9.17) is 0 Å². The van der Waals surface area contributed by atoms with Crippen molar-refractivity contribution in [1.29, 1.82) is 0 Å². The molecule has 17 heavy (non-hydrogen) atoms. The van der Waals surface area contributed by atoms with Gasteiger partial charge in [0.2, 0.25) is 0 Å². The van der Waals surface area contributed by atoms with Crippen LogP contribution < -0.4 is 0 Å². The van der Waals surface area contributed by atoms with Crippen molar-refractivity contribution in [2.75, 3.05) is 0 Å². The van der Waals surface area contributed by atoms with Crippen LogP contribution in [0.3, 0.4) is 0 Å². The van der Waals surface area contributed by atoms with E-state index < -0.39 is 5.60 Å². The highest BCUT2D eigenvalue weighted by molar-refractivity contribution is 5.37. The van der Waals surface area contributed by atoms with Gasteiger partial charge in [-0.05, 0) is 55.1 Å². The lowest BCUT2D eigenvalue weighted by molar-refractivity contribution is 0.00737. The topological polar surface area (TPSA) is 20.2 Å². The first-order valence-corrected chi connectivity index (χ1v) is 7.07. The second kappa shape index (κ2) is 4.13. The monoisotopic (exact) mass is 230 g/mol. The highest BCUT2D eigenvalue weighted by Crippen LogP contribution is 2.50. The summed E-state index contributed by atoms with van der Waals surface area (Å²) in [6.07, 6.45) is 7.21. The Balaban J connectivity index is 2.00. The van der Waals surface area contributed by atoms with Crippen LogP contribution >= 0.6 is 0 Å². The fourth-order valence-corrected chi connectivity index (χ4v) is 3.23. The summed E-state index contributed by atoms with van der Waals surface area (Å²) in [6, 6.07) is 8.61. The molecule has 92 valence electrons. The number of hydrogen-bond acceptors (Lipinski definition) is 1. The van der Waals surface area contributed by atoms with E-state index in [9.17, 15) is 5.11 Å². The van der Waals surface area contributed by atoms with Gasteiger partial charge in [0.1, 0.15) is 0 Å². The van der Waals surface area contributed by atoms with Crippen LogP contribution in [0.5, 0.6) is 0 Å². The molecule has 2 fully saturated rings. The lowest BCUT2D eigenvalue weighted by Gasteiger charge is -2.35. The molecule has 3 rings (SSSR count). The zero-order chi connectivity index (χ0) is 11.9. The second-order valence-corrected chi connectivity index (χ2v) is 5.77. The highest BCUT2D eigenvalue weighted by atomic mass is 16.3. The smallest absolute Gasteiger partial charge is 0.0924 e. The van der Waals surface area contributed by atoms with E-state index in [-0.39, 0.29) is 0 Å². The molecule has 2 aliphatic rings. The maximum Gasteiger partial charge on any atom is 0.0924 e. The molecule has 0 spiro atoms. The van der Waals surface area contributed by atoms with Crippen molar-refractivity contribution in [1.82, 2.24) is 0 Å². The molecular formula is C16H22O. The molecule has 2 aliphatic carbocycles. The van der Waals surface area contributed by atoms with Crippen molar-refractivity contribution in [3.63, 3.8) is 0 Å². The summed E-state index contributed by atoms with van der Waals surface area (Å²) in [6.45, 7) is 2.12. The van der Waals surface area contributed by atoms with Gasteiger partial charge in [0.15, 0.2) is 0 Å². The summed E-state index contributed by atoms with van der Waals surface area (Å²) in [5.74, 6) is 1.22. The minimum absolute atomic E-state index is 0.508. The fourth-order valence-electron chi connectivity index (χ4n) is 3.23. The molecule has 0 bridgehead atoms. The Kier molecular flexibility index (Phi) is 2.74. The Labute approximate surface area is 104 Å². The predicted molar refractivity (Wildman–Crippen MR) is 69.9 cm³/mol. The summed E-state index contributed by atoms with van der Waals surface area (Å²) < 4.78 is 0. The van der Waals surface area contributed by atoms with Gasteiger partial charge in [0, 0.05) is 0 Å². The van der Waals surface area contributed by atoms with Crippen LogP contribution in [0.2, 0.25) is 0 Å². The zero-order valence-electron chi connectivity index (χ0n) is 10.7. The highest BCUT2D eigenvalue weighted by Gasteiger charge is 2.45. The van der Waals surface area contributed by atoms with Crippen molar-refractivity contribution in [3.8, 4) is 0 Å². The van der Waals surface area contributed by atoms with E-state index in [2.05, 4.69) is 31.2 Å². The first-order valence-electron chi connectivity index (χ1n) is 7.07. The van der Waals surface area contributed by atoms with E-state index in [1.165, 1.54) is 43.2 Å². The number of aliphatic hydroxyl groups is 1. The molecule has 2 saturated carbocycles. The van der Waals surface area contributed by atoms with Crippen molar-refractivity contribution in [2.24, 2.45) is 5.92 Å². The average Bonchev–Trinajstić information content (AvgIpc) is 3.11. The van der Waals surface area contributed by atoms with E-state index in [0.717, 1.165) is 6.42 Å². The third kappa shape index (κ3) is 1.81. The Morgan fingerprint density at radius 1 is 1.18 bits per heavy atom. The molecular weight excluding hydrogens is 208 g/mol. The first-order chi connectivity index (χ1) is 8.25. The third-order valence-corrected chi connectivity index (χ3v) is 4.76. The van der Waals surface area contributed by atoms with Crippen LogP contribution in [-0.4, -0.2) is 5.11 Å². The van der Waals surface area contributed by atoms with Gasteiger partial charge in [-0.15, -0.1) is 0 Å². The molecule has 1 aromatic carbocycles. The average molecular weight is 230 g/mol. The Morgan fingerprint density at radius 2 is 1.88 bits per heavy atom. The summed E-state index contributed by atoms with van der Waals surface area (Å²) in [7, 11) is 0. The fraction of sp³-hybridized carbons (Fsp3) is 0.625. The van der Waals surface area contributed by atoms with E-state index in [1.54, 1.807) is 0 Å². The molecule has 1 heteroatoms. The maximum absolute atomic E-state index is 11.0. The minimum atomic E-state index is -0.549. The van der Waals surface area contributed by atoms with Gasteiger partial charge in [-0.25, -0.2) is 0 Å². The lowest BCUT2D eigenvalue weighted by atomic mass is 9.73. The molecule has 1 nitrogen and oxygen atoms in total. The Bertz CT molecular complexity index is 404. The number of benzene rings is 1. The zero-order valence-corrected chi connectivity index (χ0v) is 10.7. The molecule has 1 atom stereocenters. The van der Waals surface area contributed by atoms with Crippen LogP contribution in [0.1, 0.15) is 62.5 Å². The summed E-state index contributed by atoms with van der Waals surface area (Å²) >= 11 is 0. The largest absolute Gasteiger partial charge is 0.385 e. The van der Waals surface area contributed by atoms with Gasteiger partial charge < -0.3 is 5.11 Å². The first kappa shape index (κ1) is 11.3. The van der Waals surface area contributed by atoms with Crippen LogP contribution in [0.4, 0.5) is 0 Å². The molecule has 1 N–H and O–H groups in total. The van der Waals surface area contributed by atoms with Crippen molar-refractivity contribution in [2.45, 2.75) is 57.0 Å². The maximum atomic E-state index is 11.0. The van der Waals surface area contributed by atoms with Gasteiger partial charge in [0.25, 0.3) is 0 Å². The lowest BCUT2D eigenvalue weighted by Crippen LogP contribution is -2.30. The Morgan fingerprint density at radius 3 is 2.41 bits per heavy atom. The van der Waals surface area contributed by atoms with Gasteiger partial charge in [-0.1, -0.05) is 37.6 Å². The van der Waals surface area contributed by atoms with Crippen LogP contribution in [0.25, 0.3) is 0 Å². The number of hydrogen-bond donors (Lipinski definition) is 1. The normalized spacial score (nSPS) is 24.1. The van der Waals surface area contributed by atoms with Gasteiger partial charge >= 0.3 is 0 Å². The van der Waals surface area contributed by atoms with Crippen molar-refractivity contribution < 1.29 is 5.11 Å². The standard InChI is InChI=1S/C16H22O/c1-2-16(17,13-10-11-13)15-9-4-3-8-14(15)12-6-5-7-12/h3-4,8-9,12-13,17H,2,5-7,10-11H2,1H3. The Hall–Kier alpha value is -0.820. The summed E-state index contributed by atoms with van der Waals surface area (Å²) in [5, 5.41) is 11.0. The molecule has 0 heterocycles. The minimum Gasteiger partial charge on any atom is -0.385 e. The van der Waals surface area contributed by atoms with Crippen LogP contribution in [-0.2, 0) is 5.60 Å². The molecule has 1 aromatic rings. The third-order valence-electron chi connectivity index (χ3n) is 4.76. The van der Waals surface area contributed by atoms with E-state index >= 15 is 0 Å². The predicted octanol–water partition coefficient (Wildman–Crippen LogP) is 3.96. The molecule has 0 aliphatic heterocycles. The number of rotatable bonds is 4. The molecule has 0 amide bonds. The molecule has 0 aromatic heterocycles. The van der Waals surface area contributed by atoms with Gasteiger partial charge in [-0.3, -0.25) is 0 Å². The SMILES string of the molecule is CCC(O)(c1ccccc1C1CCC1)C1CC1. The second-order valence-electron chi connectivity index (χ2n) is 5.77. The molecule has 0 radical (unpaired) electrons. The summed E-state index contributed by atoms with van der Waals surface area (Å²) in [4.78, 5) is 0. The van der Waals surface area contributed by atoms with Crippen LogP contribution in [0.15, 0.2) is 24.3 Å². The summed E-state index contributed by atoms with van der Waals surface area (Å²) in [5.41, 5.74) is 2.11. The van der Waals surface area contributed by atoms with Crippen LogP contribution in [0, 0.1) is 5.92 Å². The quantitative estimate of drug-likeness (QED) is 0.830.